The van der Waals surface area contributed by atoms with Crippen LogP contribution in [-0.2, 0) is 0 Å². The van der Waals surface area contributed by atoms with Gasteiger partial charge in [0.05, 0.1) is 17.8 Å². The van der Waals surface area contributed by atoms with Crippen LogP contribution in [0.25, 0.3) is 0 Å². The van der Waals surface area contributed by atoms with Crippen molar-refractivity contribution in [1.29, 1.82) is 0 Å². The molecule has 3 N–H and O–H groups in total. The van der Waals surface area contributed by atoms with E-state index in [1.54, 1.807) is 18.3 Å². The van der Waals surface area contributed by atoms with Crippen LogP contribution in [0.3, 0.4) is 0 Å². The molecule has 1 amide bonds. The first-order valence-corrected chi connectivity index (χ1v) is 6.46. The van der Waals surface area contributed by atoms with Crippen molar-refractivity contribution in [3.05, 3.63) is 40.7 Å². The number of amides is 1. The molecule has 2 rings (SSSR count). The van der Waals surface area contributed by atoms with Gasteiger partial charge in [0, 0.05) is 11.6 Å². The molecule has 0 aliphatic heterocycles. The summed E-state index contributed by atoms with van der Waals surface area (Å²) in [4.78, 5) is 20.3. The van der Waals surface area contributed by atoms with E-state index in [0.717, 1.165) is 5.69 Å². The molecule has 0 radical (unpaired) electrons. The SMILES string of the molecule is Cc1csc(NC(=O)c2ncccc2C#CCN)n1. The summed E-state index contributed by atoms with van der Waals surface area (Å²) in [5.41, 5.74) is 7.02. The van der Waals surface area contributed by atoms with Crippen LogP contribution in [0.2, 0.25) is 0 Å². The van der Waals surface area contributed by atoms with Gasteiger partial charge in [-0.15, -0.1) is 11.3 Å². The number of aryl methyl sites for hydroxylation is 1. The molecule has 0 spiro atoms. The summed E-state index contributed by atoms with van der Waals surface area (Å²) in [7, 11) is 0. The maximum atomic E-state index is 12.1. The van der Waals surface area contributed by atoms with E-state index in [1.165, 1.54) is 11.3 Å². The van der Waals surface area contributed by atoms with Crippen molar-refractivity contribution in [3.8, 4) is 11.8 Å². The predicted molar refractivity (Wildman–Crippen MR) is 75.0 cm³/mol. The third-order valence-electron chi connectivity index (χ3n) is 2.19. The minimum Gasteiger partial charge on any atom is -0.320 e. The minimum absolute atomic E-state index is 0.238. The van der Waals surface area contributed by atoms with Gasteiger partial charge in [-0.05, 0) is 19.1 Å². The molecule has 0 aliphatic carbocycles. The molecule has 96 valence electrons. The quantitative estimate of drug-likeness (QED) is 0.810. The Bertz CT molecular complexity index is 654. The molecule has 2 aromatic heterocycles. The van der Waals surface area contributed by atoms with Gasteiger partial charge in [-0.2, -0.15) is 0 Å². The Morgan fingerprint density at radius 2 is 2.42 bits per heavy atom. The first-order chi connectivity index (χ1) is 9.20. The highest BCUT2D eigenvalue weighted by Crippen LogP contribution is 2.16. The van der Waals surface area contributed by atoms with E-state index >= 15 is 0 Å². The Hall–Kier alpha value is -2.23. The number of rotatable bonds is 2. The van der Waals surface area contributed by atoms with E-state index in [2.05, 4.69) is 27.1 Å². The van der Waals surface area contributed by atoms with Crippen molar-refractivity contribution in [1.82, 2.24) is 9.97 Å². The fourth-order valence-electron chi connectivity index (χ4n) is 1.40. The number of carbonyl (C=O) groups excluding carboxylic acids is 1. The van der Waals surface area contributed by atoms with Crippen LogP contribution < -0.4 is 11.1 Å². The summed E-state index contributed by atoms with van der Waals surface area (Å²) >= 11 is 1.37. The summed E-state index contributed by atoms with van der Waals surface area (Å²) in [6.45, 7) is 2.10. The number of carbonyl (C=O) groups is 1. The van der Waals surface area contributed by atoms with Crippen LogP contribution >= 0.6 is 11.3 Å². The third kappa shape index (κ3) is 3.37. The van der Waals surface area contributed by atoms with Crippen molar-refractivity contribution in [3.63, 3.8) is 0 Å². The molecule has 2 heterocycles. The Kier molecular flexibility index (Phi) is 4.23. The van der Waals surface area contributed by atoms with Crippen molar-refractivity contribution in [2.45, 2.75) is 6.92 Å². The first-order valence-electron chi connectivity index (χ1n) is 5.58. The highest BCUT2D eigenvalue weighted by molar-refractivity contribution is 7.13. The first kappa shape index (κ1) is 13.2. The molecule has 2 aromatic rings. The lowest BCUT2D eigenvalue weighted by atomic mass is 10.2. The molecule has 0 fully saturated rings. The lowest BCUT2D eigenvalue weighted by molar-refractivity contribution is 0.102. The highest BCUT2D eigenvalue weighted by atomic mass is 32.1. The lowest BCUT2D eigenvalue weighted by Gasteiger charge is -2.02. The number of nitrogens with one attached hydrogen (secondary N) is 1. The summed E-state index contributed by atoms with van der Waals surface area (Å²) in [6.07, 6.45) is 1.55. The zero-order chi connectivity index (χ0) is 13.7. The predicted octanol–water partition coefficient (Wildman–Crippen LogP) is 1.41. The summed E-state index contributed by atoms with van der Waals surface area (Å²) in [6, 6.07) is 3.46. The van der Waals surface area contributed by atoms with Gasteiger partial charge in [0.25, 0.3) is 5.91 Å². The number of hydrogen-bond donors (Lipinski definition) is 2. The number of nitrogens with two attached hydrogens (primary N) is 1. The molecule has 0 unspecified atom stereocenters. The molecular formula is C13H12N4OS. The number of anilines is 1. The van der Waals surface area contributed by atoms with Gasteiger partial charge in [-0.25, -0.2) is 9.97 Å². The van der Waals surface area contributed by atoms with Gasteiger partial charge in [0.1, 0.15) is 5.69 Å². The van der Waals surface area contributed by atoms with E-state index in [9.17, 15) is 4.79 Å². The van der Waals surface area contributed by atoms with Crippen LogP contribution in [0.5, 0.6) is 0 Å². The smallest absolute Gasteiger partial charge is 0.277 e. The topological polar surface area (TPSA) is 80.9 Å². The third-order valence-corrected chi connectivity index (χ3v) is 3.06. The number of nitrogens with zero attached hydrogens (tertiary/aromatic N) is 2. The van der Waals surface area contributed by atoms with Crippen molar-refractivity contribution >= 4 is 22.4 Å². The van der Waals surface area contributed by atoms with Gasteiger partial charge in [-0.1, -0.05) is 11.8 Å². The zero-order valence-corrected chi connectivity index (χ0v) is 11.1. The van der Waals surface area contributed by atoms with E-state index < -0.39 is 0 Å². The van der Waals surface area contributed by atoms with Crippen LogP contribution in [0, 0.1) is 18.8 Å². The highest BCUT2D eigenvalue weighted by Gasteiger charge is 2.13. The zero-order valence-electron chi connectivity index (χ0n) is 10.3. The van der Waals surface area contributed by atoms with Gasteiger partial charge in [-0.3, -0.25) is 10.1 Å². The summed E-state index contributed by atoms with van der Waals surface area (Å²) in [5, 5.41) is 5.11. The van der Waals surface area contributed by atoms with Crippen LogP contribution in [0.1, 0.15) is 21.7 Å². The Morgan fingerprint density at radius 3 is 3.11 bits per heavy atom. The van der Waals surface area contributed by atoms with E-state index in [-0.39, 0.29) is 18.1 Å². The molecule has 5 nitrogen and oxygen atoms in total. The fraction of sp³-hybridized carbons (Fsp3) is 0.154. The molecule has 19 heavy (non-hydrogen) atoms. The lowest BCUT2D eigenvalue weighted by Crippen LogP contribution is -2.15. The number of aromatic nitrogens is 2. The monoisotopic (exact) mass is 272 g/mol. The Morgan fingerprint density at radius 1 is 1.58 bits per heavy atom. The van der Waals surface area contributed by atoms with Crippen molar-refractivity contribution in [2.24, 2.45) is 5.73 Å². The van der Waals surface area contributed by atoms with Crippen LogP contribution in [0.15, 0.2) is 23.7 Å². The average Bonchev–Trinajstić information content (AvgIpc) is 2.82. The summed E-state index contributed by atoms with van der Waals surface area (Å²) in [5.74, 6) is 5.22. The molecule has 6 heteroatoms. The molecule has 0 aliphatic rings. The van der Waals surface area contributed by atoms with Gasteiger partial charge < -0.3 is 5.73 Å². The van der Waals surface area contributed by atoms with E-state index in [4.69, 9.17) is 5.73 Å². The van der Waals surface area contributed by atoms with Crippen LogP contribution in [0.4, 0.5) is 5.13 Å². The van der Waals surface area contributed by atoms with E-state index in [0.29, 0.717) is 10.7 Å². The molecule has 0 saturated heterocycles. The fourth-order valence-corrected chi connectivity index (χ4v) is 2.08. The number of pyridine rings is 1. The molecule has 0 bridgehead atoms. The second kappa shape index (κ2) is 6.09. The standard InChI is InChI=1S/C13H12N4OS/c1-9-8-19-13(16-9)17-12(18)11-10(4-2-6-14)5-3-7-15-11/h3,5,7-8H,6,14H2,1H3,(H,16,17,18). The molecule has 0 aromatic carbocycles. The number of thiazole rings is 1. The van der Waals surface area contributed by atoms with Gasteiger partial charge >= 0.3 is 0 Å². The summed E-state index contributed by atoms with van der Waals surface area (Å²) < 4.78 is 0. The van der Waals surface area contributed by atoms with Crippen LogP contribution in [-0.4, -0.2) is 22.4 Å². The maximum absolute atomic E-state index is 12.1. The van der Waals surface area contributed by atoms with Crippen molar-refractivity contribution < 1.29 is 4.79 Å². The van der Waals surface area contributed by atoms with Gasteiger partial charge in [0.2, 0.25) is 0 Å². The largest absolute Gasteiger partial charge is 0.320 e. The molecule has 0 atom stereocenters. The van der Waals surface area contributed by atoms with Gasteiger partial charge in [0.15, 0.2) is 5.13 Å². The molecule has 0 saturated carbocycles. The molecular weight excluding hydrogens is 260 g/mol. The maximum Gasteiger partial charge on any atom is 0.277 e. The van der Waals surface area contributed by atoms with E-state index in [1.807, 2.05) is 12.3 Å². The second-order valence-electron chi connectivity index (χ2n) is 3.65. The Balaban J connectivity index is 2.23. The minimum atomic E-state index is -0.323. The van der Waals surface area contributed by atoms with Crippen molar-refractivity contribution in [2.75, 3.05) is 11.9 Å². The Labute approximate surface area is 114 Å². The average molecular weight is 272 g/mol. The normalized spacial score (nSPS) is 9.58. The second-order valence-corrected chi connectivity index (χ2v) is 4.51. The number of hydrogen-bond acceptors (Lipinski definition) is 5.